The van der Waals surface area contributed by atoms with E-state index < -0.39 is 10.3 Å². The summed E-state index contributed by atoms with van der Waals surface area (Å²) in [7, 11) is 1.39. The number of nitrogens with one attached hydrogen (secondary N) is 1. The lowest BCUT2D eigenvalue weighted by molar-refractivity contribution is -0.384. The molecule has 110 valence electrons. The van der Waals surface area contributed by atoms with Gasteiger partial charge in [-0.25, -0.2) is 0 Å². The largest absolute Gasteiger partial charge is 0.494 e. The molecule has 0 aromatic heterocycles. The third-order valence-electron chi connectivity index (χ3n) is 3.42. The van der Waals surface area contributed by atoms with Crippen LogP contribution >= 0.6 is 0 Å². The number of rotatable bonds is 6. The summed E-state index contributed by atoms with van der Waals surface area (Å²) in [4.78, 5) is 22.4. The monoisotopic (exact) mass is 281 g/mol. The molecule has 3 N–H and O–H groups in total. The lowest BCUT2D eigenvalue weighted by Crippen LogP contribution is -2.39. The van der Waals surface area contributed by atoms with E-state index in [4.69, 9.17) is 10.5 Å². The van der Waals surface area contributed by atoms with E-state index in [1.54, 1.807) is 6.92 Å². The smallest absolute Gasteiger partial charge is 0.273 e. The van der Waals surface area contributed by atoms with E-state index in [1.165, 1.54) is 25.3 Å². The molecule has 7 heteroatoms. The van der Waals surface area contributed by atoms with Crippen molar-refractivity contribution in [3.63, 3.8) is 0 Å². The fourth-order valence-corrected chi connectivity index (χ4v) is 1.57. The summed E-state index contributed by atoms with van der Waals surface area (Å²) in [5, 5.41) is 13.4. The van der Waals surface area contributed by atoms with E-state index in [0.29, 0.717) is 12.1 Å². The molecule has 0 heterocycles. The predicted octanol–water partition coefficient (Wildman–Crippen LogP) is 1.92. The van der Waals surface area contributed by atoms with Crippen LogP contribution in [0.3, 0.4) is 0 Å². The minimum Gasteiger partial charge on any atom is -0.494 e. The number of nitrogens with two attached hydrogens (primary N) is 1. The van der Waals surface area contributed by atoms with E-state index in [2.05, 4.69) is 5.32 Å². The van der Waals surface area contributed by atoms with E-state index in [1.807, 2.05) is 6.92 Å². The highest BCUT2D eigenvalue weighted by atomic mass is 16.6. The number of hydrogen-bond donors (Lipinski definition) is 2. The molecule has 0 aliphatic heterocycles. The average molecular weight is 281 g/mol. The molecule has 1 atom stereocenters. The number of anilines is 1. The van der Waals surface area contributed by atoms with Gasteiger partial charge in [0.1, 0.15) is 5.75 Å². The number of carbonyl (C=O) groups excluding carboxylic acids is 1. The Hall–Kier alpha value is -2.15. The zero-order valence-corrected chi connectivity index (χ0v) is 11.8. The summed E-state index contributed by atoms with van der Waals surface area (Å²) in [6.45, 7) is 3.85. The molecule has 1 amide bonds. The Morgan fingerprint density at radius 3 is 2.65 bits per heavy atom. The maximum atomic E-state index is 12.2. The van der Waals surface area contributed by atoms with Crippen LogP contribution in [0, 0.1) is 15.5 Å². The normalized spacial score (nSPS) is 13.4. The SMILES string of the molecule is CCC(C)(CN)C(=O)Nc1ccc([N+](=O)[O-])cc1OC. The molecular weight excluding hydrogens is 262 g/mol. The number of methoxy groups -OCH3 is 1. The second-order valence-electron chi connectivity index (χ2n) is 4.71. The van der Waals surface area contributed by atoms with Crippen molar-refractivity contribution in [3.05, 3.63) is 28.3 Å². The maximum Gasteiger partial charge on any atom is 0.273 e. The van der Waals surface area contributed by atoms with Gasteiger partial charge in [-0.15, -0.1) is 0 Å². The molecule has 0 aliphatic rings. The number of non-ortho nitro benzene ring substituents is 1. The van der Waals surface area contributed by atoms with Gasteiger partial charge in [0.2, 0.25) is 5.91 Å². The highest BCUT2D eigenvalue weighted by Gasteiger charge is 2.30. The van der Waals surface area contributed by atoms with Gasteiger partial charge in [-0.3, -0.25) is 14.9 Å². The number of benzene rings is 1. The van der Waals surface area contributed by atoms with Crippen molar-refractivity contribution in [1.82, 2.24) is 0 Å². The van der Waals surface area contributed by atoms with Gasteiger partial charge < -0.3 is 15.8 Å². The second kappa shape index (κ2) is 6.33. The Morgan fingerprint density at radius 1 is 1.55 bits per heavy atom. The van der Waals surface area contributed by atoms with Gasteiger partial charge in [0, 0.05) is 12.6 Å². The summed E-state index contributed by atoms with van der Waals surface area (Å²) in [5.74, 6) is -0.00215. The number of carbonyl (C=O) groups is 1. The highest BCUT2D eigenvalue weighted by Crippen LogP contribution is 2.31. The van der Waals surface area contributed by atoms with E-state index in [-0.39, 0.29) is 23.9 Å². The van der Waals surface area contributed by atoms with Crippen LogP contribution in [0.15, 0.2) is 18.2 Å². The van der Waals surface area contributed by atoms with Crippen molar-refractivity contribution < 1.29 is 14.5 Å². The fraction of sp³-hybridized carbons (Fsp3) is 0.462. The molecule has 0 radical (unpaired) electrons. The number of hydrogen-bond acceptors (Lipinski definition) is 5. The van der Waals surface area contributed by atoms with Crippen molar-refractivity contribution in [2.24, 2.45) is 11.1 Å². The number of ether oxygens (including phenoxy) is 1. The van der Waals surface area contributed by atoms with Crippen LogP contribution in [0.1, 0.15) is 20.3 Å². The lowest BCUT2D eigenvalue weighted by atomic mass is 9.86. The molecule has 7 nitrogen and oxygen atoms in total. The molecular formula is C13H19N3O4. The van der Waals surface area contributed by atoms with Crippen molar-refractivity contribution in [1.29, 1.82) is 0 Å². The lowest BCUT2D eigenvalue weighted by Gasteiger charge is -2.25. The Bertz CT molecular complexity index is 512. The van der Waals surface area contributed by atoms with E-state index in [0.717, 1.165) is 0 Å². The molecule has 0 spiro atoms. The minimum atomic E-state index is -0.688. The van der Waals surface area contributed by atoms with E-state index >= 15 is 0 Å². The Balaban J connectivity index is 3.04. The van der Waals surface area contributed by atoms with Crippen molar-refractivity contribution in [3.8, 4) is 5.75 Å². The van der Waals surface area contributed by atoms with Crippen LogP contribution in [0.2, 0.25) is 0 Å². The molecule has 20 heavy (non-hydrogen) atoms. The fourth-order valence-electron chi connectivity index (χ4n) is 1.57. The van der Waals surface area contributed by atoms with Gasteiger partial charge in [-0.1, -0.05) is 6.92 Å². The number of amides is 1. The van der Waals surface area contributed by atoms with Crippen LogP contribution in [0.25, 0.3) is 0 Å². The van der Waals surface area contributed by atoms with Gasteiger partial charge in [0.25, 0.3) is 5.69 Å². The molecule has 0 saturated heterocycles. The first-order valence-electron chi connectivity index (χ1n) is 6.22. The standard InChI is InChI=1S/C13H19N3O4/c1-4-13(2,8-14)12(17)15-10-6-5-9(16(18)19)7-11(10)20-3/h5-7H,4,8,14H2,1-3H3,(H,15,17). The first kappa shape index (κ1) is 15.9. The van der Waals surface area contributed by atoms with Gasteiger partial charge in [0.05, 0.1) is 29.2 Å². The van der Waals surface area contributed by atoms with Gasteiger partial charge >= 0.3 is 0 Å². The molecule has 0 saturated carbocycles. The van der Waals surface area contributed by atoms with Crippen molar-refractivity contribution in [2.45, 2.75) is 20.3 Å². The molecule has 0 bridgehead atoms. The summed E-state index contributed by atoms with van der Waals surface area (Å²) >= 11 is 0. The molecule has 1 aromatic carbocycles. The first-order chi connectivity index (χ1) is 9.37. The zero-order valence-electron chi connectivity index (χ0n) is 11.8. The summed E-state index contributed by atoms with van der Waals surface area (Å²) in [6.07, 6.45) is 0.588. The van der Waals surface area contributed by atoms with Crippen LogP contribution in [-0.4, -0.2) is 24.5 Å². The first-order valence-corrected chi connectivity index (χ1v) is 6.22. The van der Waals surface area contributed by atoms with Crippen molar-refractivity contribution in [2.75, 3.05) is 19.0 Å². The molecule has 1 unspecified atom stereocenters. The topological polar surface area (TPSA) is 107 Å². The summed E-state index contributed by atoms with van der Waals surface area (Å²) in [5.41, 5.74) is 5.22. The Kier molecular flexibility index (Phi) is 5.04. The van der Waals surface area contributed by atoms with Crippen LogP contribution in [0.4, 0.5) is 11.4 Å². The Morgan fingerprint density at radius 2 is 2.20 bits per heavy atom. The predicted molar refractivity (Wildman–Crippen MR) is 75.7 cm³/mol. The minimum absolute atomic E-state index is 0.100. The third-order valence-corrected chi connectivity index (χ3v) is 3.42. The molecule has 1 aromatic rings. The second-order valence-corrected chi connectivity index (χ2v) is 4.71. The summed E-state index contributed by atoms with van der Waals surface area (Å²) < 4.78 is 5.07. The van der Waals surface area contributed by atoms with Crippen molar-refractivity contribution >= 4 is 17.3 Å². The average Bonchev–Trinajstić information content (AvgIpc) is 2.46. The number of nitrogens with zero attached hydrogens (tertiary/aromatic N) is 1. The third kappa shape index (κ3) is 3.24. The maximum absolute atomic E-state index is 12.2. The van der Waals surface area contributed by atoms with Gasteiger partial charge in [-0.05, 0) is 19.4 Å². The molecule has 1 rings (SSSR count). The number of nitro benzene ring substituents is 1. The molecule has 0 aliphatic carbocycles. The summed E-state index contributed by atoms with van der Waals surface area (Å²) in [6, 6.07) is 4.02. The number of nitro groups is 1. The van der Waals surface area contributed by atoms with Gasteiger partial charge in [-0.2, -0.15) is 0 Å². The van der Waals surface area contributed by atoms with E-state index in [9.17, 15) is 14.9 Å². The highest BCUT2D eigenvalue weighted by molar-refractivity contribution is 5.96. The molecule has 0 fully saturated rings. The van der Waals surface area contributed by atoms with Gasteiger partial charge in [0.15, 0.2) is 0 Å². The quantitative estimate of drug-likeness (QED) is 0.611. The van der Waals surface area contributed by atoms with Crippen LogP contribution in [-0.2, 0) is 4.79 Å². The van der Waals surface area contributed by atoms with Crippen LogP contribution < -0.4 is 15.8 Å². The Labute approximate surface area is 117 Å². The van der Waals surface area contributed by atoms with Crippen LogP contribution in [0.5, 0.6) is 5.75 Å². The zero-order chi connectivity index (χ0) is 15.3.